The fraction of sp³-hybridized carbons (Fsp3) is 0.615. The van der Waals surface area contributed by atoms with Crippen LogP contribution in [-0.2, 0) is 6.54 Å². The fourth-order valence-corrected chi connectivity index (χ4v) is 2.20. The first-order chi connectivity index (χ1) is 8.24. The van der Waals surface area contributed by atoms with Crippen molar-refractivity contribution in [2.45, 2.75) is 26.4 Å². The Hall–Kier alpha value is -0.740. The second kappa shape index (κ2) is 8.37. The van der Waals surface area contributed by atoms with Gasteiger partial charge in [-0.15, -0.1) is 6.58 Å². The van der Waals surface area contributed by atoms with Gasteiger partial charge in [0.25, 0.3) is 0 Å². The van der Waals surface area contributed by atoms with E-state index in [-0.39, 0.29) is 0 Å². The summed E-state index contributed by atoms with van der Waals surface area (Å²) < 4.78 is 1.99. The monoisotopic (exact) mass is 253 g/mol. The van der Waals surface area contributed by atoms with Crippen molar-refractivity contribution in [2.24, 2.45) is 5.92 Å². The first-order valence-corrected chi connectivity index (χ1v) is 7.29. The molecule has 0 radical (unpaired) electrons. The molecule has 1 N–H and O–H groups in total. The summed E-state index contributed by atoms with van der Waals surface area (Å²) in [6.07, 6.45) is 5.80. The zero-order valence-electron chi connectivity index (χ0n) is 10.8. The molecule has 0 aliphatic rings. The molecule has 1 unspecified atom stereocenters. The smallest absolute Gasteiger partial charge is 0.0565 e. The zero-order chi connectivity index (χ0) is 12.5. The number of aromatic nitrogens is 2. The van der Waals surface area contributed by atoms with Crippen LogP contribution in [0, 0.1) is 5.92 Å². The molecule has 0 aliphatic carbocycles. The first-order valence-electron chi connectivity index (χ1n) is 6.13. The molecule has 1 atom stereocenters. The number of hydrogen-bond donors (Lipinski definition) is 1. The highest BCUT2D eigenvalue weighted by Crippen LogP contribution is 2.05. The zero-order valence-corrected chi connectivity index (χ0v) is 11.6. The third kappa shape index (κ3) is 5.94. The summed E-state index contributed by atoms with van der Waals surface area (Å²) in [6, 6.07) is 2.45. The van der Waals surface area contributed by atoms with Crippen LogP contribution in [0.1, 0.15) is 13.8 Å². The van der Waals surface area contributed by atoms with Crippen LogP contribution in [0.4, 0.5) is 0 Å². The predicted octanol–water partition coefficient (Wildman–Crippen LogP) is 2.42. The highest BCUT2D eigenvalue weighted by atomic mass is 32.2. The fourth-order valence-electron chi connectivity index (χ4n) is 1.60. The van der Waals surface area contributed by atoms with Crippen LogP contribution in [0.2, 0.25) is 0 Å². The van der Waals surface area contributed by atoms with E-state index in [1.54, 1.807) is 0 Å². The van der Waals surface area contributed by atoms with Crippen LogP contribution < -0.4 is 5.32 Å². The molecule has 1 rings (SSSR count). The van der Waals surface area contributed by atoms with Gasteiger partial charge in [0.15, 0.2) is 0 Å². The van der Waals surface area contributed by atoms with E-state index in [9.17, 15) is 0 Å². The molecular weight excluding hydrogens is 230 g/mol. The Balaban J connectivity index is 2.26. The molecule has 0 fully saturated rings. The molecule has 0 spiro atoms. The number of nitrogens with zero attached hydrogens (tertiary/aromatic N) is 2. The van der Waals surface area contributed by atoms with Crippen LogP contribution in [0.15, 0.2) is 31.1 Å². The third-order valence-corrected chi connectivity index (χ3v) is 3.60. The molecule has 0 saturated carbocycles. The van der Waals surface area contributed by atoms with Crippen LogP contribution in [-0.4, -0.2) is 33.9 Å². The highest BCUT2D eigenvalue weighted by molar-refractivity contribution is 7.99. The molecular formula is C13H23N3S. The Morgan fingerprint density at radius 1 is 1.53 bits per heavy atom. The number of hydrogen-bond acceptors (Lipinski definition) is 3. The minimum atomic E-state index is 0.485. The molecule has 0 bridgehead atoms. The summed E-state index contributed by atoms with van der Waals surface area (Å²) in [7, 11) is 0. The van der Waals surface area contributed by atoms with E-state index in [4.69, 9.17) is 0 Å². The highest BCUT2D eigenvalue weighted by Gasteiger charge is 2.12. The van der Waals surface area contributed by atoms with Gasteiger partial charge in [-0.3, -0.25) is 4.68 Å². The van der Waals surface area contributed by atoms with E-state index >= 15 is 0 Å². The van der Waals surface area contributed by atoms with Gasteiger partial charge >= 0.3 is 0 Å². The SMILES string of the molecule is C=CCSCCNC(Cn1cccn1)C(C)C. The molecule has 96 valence electrons. The van der Waals surface area contributed by atoms with Crippen molar-refractivity contribution < 1.29 is 0 Å². The largest absolute Gasteiger partial charge is 0.311 e. The molecule has 17 heavy (non-hydrogen) atoms. The minimum absolute atomic E-state index is 0.485. The summed E-state index contributed by atoms with van der Waals surface area (Å²) in [5, 5.41) is 7.85. The quantitative estimate of drug-likeness (QED) is 0.541. The molecule has 0 aliphatic heterocycles. The van der Waals surface area contributed by atoms with Crippen LogP contribution >= 0.6 is 11.8 Å². The molecule has 1 heterocycles. The standard InChI is InChI=1S/C13H23N3S/c1-4-9-17-10-7-14-13(12(2)3)11-16-8-5-6-15-16/h4-6,8,12-14H,1,7,9-11H2,2-3H3. The Kier molecular flexibility index (Phi) is 7.05. The summed E-state index contributed by atoms with van der Waals surface area (Å²) in [5.41, 5.74) is 0. The lowest BCUT2D eigenvalue weighted by Crippen LogP contribution is -2.39. The van der Waals surface area contributed by atoms with E-state index in [0.29, 0.717) is 12.0 Å². The van der Waals surface area contributed by atoms with E-state index in [1.165, 1.54) is 0 Å². The van der Waals surface area contributed by atoms with E-state index in [2.05, 4.69) is 30.8 Å². The van der Waals surface area contributed by atoms with Gasteiger partial charge in [-0.2, -0.15) is 16.9 Å². The first kappa shape index (κ1) is 14.3. The van der Waals surface area contributed by atoms with Crippen molar-refractivity contribution in [3.8, 4) is 0 Å². The molecule has 0 saturated heterocycles. The van der Waals surface area contributed by atoms with Gasteiger partial charge in [0.05, 0.1) is 6.54 Å². The lowest BCUT2D eigenvalue weighted by molar-refractivity contribution is 0.349. The number of rotatable bonds is 9. The second-order valence-corrected chi connectivity index (χ2v) is 5.55. The van der Waals surface area contributed by atoms with Gasteiger partial charge in [-0.05, 0) is 12.0 Å². The van der Waals surface area contributed by atoms with Crippen molar-refractivity contribution >= 4 is 11.8 Å². The second-order valence-electron chi connectivity index (χ2n) is 4.40. The number of nitrogens with one attached hydrogen (secondary N) is 1. The third-order valence-electron chi connectivity index (χ3n) is 2.64. The Morgan fingerprint density at radius 2 is 2.35 bits per heavy atom. The molecule has 0 aromatic carbocycles. The van der Waals surface area contributed by atoms with Crippen LogP contribution in [0.3, 0.4) is 0 Å². The maximum Gasteiger partial charge on any atom is 0.0565 e. The summed E-state index contributed by atoms with van der Waals surface area (Å²) >= 11 is 1.91. The van der Waals surface area contributed by atoms with Gasteiger partial charge in [-0.1, -0.05) is 19.9 Å². The molecule has 1 aromatic rings. The lowest BCUT2D eigenvalue weighted by atomic mass is 10.0. The van der Waals surface area contributed by atoms with Crippen LogP contribution in [0.5, 0.6) is 0 Å². The minimum Gasteiger partial charge on any atom is -0.311 e. The Bertz CT molecular complexity index is 296. The normalized spacial score (nSPS) is 12.9. The Labute approximate surface area is 109 Å². The predicted molar refractivity (Wildman–Crippen MR) is 76.4 cm³/mol. The summed E-state index contributed by atoms with van der Waals surface area (Å²) in [6.45, 7) is 10.2. The average Bonchev–Trinajstić information content (AvgIpc) is 2.79. The average molecular weight is 253 g/mol. The molecule has 3 nitrogen and oxygen atoms in total. The maximum atomic E-state index is 4.25. The van der Waals surface area contributed by atoms with Crippen molar-refractivity contribution in [2.75, 3.05) is 18.1 Å². The van der Waals surface area contributed by atoms with Crippen molar-refractivity contribution in [1.29, 1.82) is 0 Å². The van der Waals surface area contributed by atoms with Gasteiger partial charge in [0, 0.05) is 36.5 Å². The Morgan fingerprint density at radius 3 is 2.94 bits per heavy atom. The lowest BCUT2D eigenvalue weighted by Gasteiger charge is -2.22. The van der Waals surface area contributed by atoms with Gasteiger partial charge in [0.2, 0.25) is 0 Å². The number of thioether (sulfide) groups is 1. The van der Waals surface area contributed by atoms with Gasteiger partial charge < -0.3 is 5.32 Å². The summed E-state index contributed by atoms with van der Waals surface area (Å²) in [4.78, 5) is 0. The topological polar surface area (TPSA) is 29.9 Å². The van der Waals surface area contributed by atoms with Gasteiger partial charge in [0.1, 0.15) is 0 Å². The van der Waals surface area contributed by atoms with Gasteiger partial charge in [-0.25, -0.2) is 0 Å². The summed E-state index contributed by atoms with van der Waals surface area (Å²) in [5.74, 6) is 2.78. The van der Waals surface area contributed by atoms with E-state index in [0.717, 1.165) is 24.6 Å². The van der Waals surface area contributed by atoms with Crippen molar-refractivity contribution in [3.63, 3.8) is 0 Å². The van der Waals surface area contributed by atoms with Crippen molar-refractivity contribution in [1.82, 2.24) is 15.1 Å². The van der Waals surface area contributed by atoms with Crippen LogP contribution in [0.25, 0.3) is 0 Å². The van der Waals surface area contributed by atoms with Crippen molar-refractivity contribution in [3.05, 3.63) is 31.1 Å². The molecule has 0 amide bonds. The van der Waals surface area contributed by atoms with E-state index in [1.807, 2.05) is 41.0 Å². The molecule has 1 aromatic heterocycles. The maximum absolute atomic E-state index is 4.25. The van der Waals surface area contributed by atoms with E-state index < -0.39 is 0 Å². The molecule has 4 heteroatoms.